The van der Waals surface area contributed by atoms with Crippen molar-refractivity contribution in [2.45, 2.75) is 32.6 Å². The van der Waals surface area contributed by atoms with Gasteiger partial charge in [-0.1, -0.05) is 17.7 Å². The number of nitrogens with one attached hydrogen (secondary N) is 2. The van der Waals surface area contributed by atoms with Crippen molar-refractivity contribution >= 4 is 35.1 Å². The number of benzene rings is 1. The van der Waals surface area contributed by atoms with Crippen LogP contribution >= 0.6 is 11.6 Å². The Morgan fingerprint density at radius 2 is 2.19 bits per heavy atom. The smallest absolute Gasteiger partial charge is 0.226 e. The summed E-state index contributed by atoms with van der Waals surface area (Å²) in [5.41, 5.74) is 6.97. The predicted molar refractivity (Wildman–Crippen MR) is 109 cm³/mol. The molecule has 27 heavy (non-hydrogen) atoms. The van der Waals surface area contributed by atoms with E-state index >= 15 is 0 Å². The fraction of sp³-hybridized carbons (Fsp3) is 0.526. The second-order valence-corrected chi connectivity index (χ2v) is 7.29. The van der Waals surface area contributed by atoms with Gasteiger partial charge in [-0.15, -0.1) is 0 Å². The molecule has 0 radical (unpaired) electrons. The number of piperidine rings is 1. The van der Waals surface area contributed by atoms with Crippen molar-refractivity contribution in [1.29, 1.82) is 0 Å². The molecule has 0 bridgehead atoms. The normalized spacial score (nSPS) is 17.5. The Labute approximate surface area is 165 Å². The zero-order valence-corrected chi connectivity index (χ0v) is 16.7. The number of nitrogens with zero attached hydrogens (tertiary/aromatic N) is 2. The zero-order chi connectivity index (χ0) is 19.8. The third-order valence-electron chi connectivity index (χ3n) is 4.55. The van der Waals surface area contributed by atoms with Gasteiger partial charge in [0.05, 0.1) is 10.7 Å². The van der Waals surface area contributed by atoms with Crippen LogP contribution in [-0.4, -0.2) is 49.4 Å². The molecule has 0 aliphatic carbocycles. The first-order valence-corrected chi connectivity index (χ1v) is 9.56. The van der Waals surface area contributed by atoms with Crippen molar-refractivity contribution in [1.82, 2.24) is 10.2 Å². The average Bonchev–Trinajstić information content (AvgIpc) is 2.61. The van der Waals surface area contributed by atoms with Crippen LogP contribution in [0.4, 0.5) is 5.69 Å². The maximum absolute atomic E-state index is 12.2. The lowest BCUT2D eigenvalue weighted by molar-refractivity contribution is -0.119. The van der Waals surface area contributed by atoms with Crippen molar-refractivity contribution in [3.8, 4) is 0 Å². The molecule has 1 aliphatic heterocycles. The van der Waals surface area contributed by atoms with Crippen molar-refractivity contribution < 1.29 is 9.59 Å². The van der Waals surface area contributed by atoms with Crippen LogP contribution in [0.5, 0.6) is 0 Å². The first kappa shape index (κ1) is 21.0. The highest BCUT2D eigenvalue weighted by atomic mass is 35.5. The molecule has 1 aromatic rings. The van der Waals surface area contributed by atoms with Crippen LogP contribution in [0.25, 0.3) is 0 Å². The maximum atomic E-state index is 12.2. The Morgan fingerprint density at radius 3 is 2.85 bits per heavy atom. The predicted octanol–water partition coefficient (Wildman–Crippen LogP) is 2.14. The van der Waals surface area contributed by atoms with Crippen molar-refractivity contribution in [2.24, 2.45) is 16.6 Å². The number of anilines is 1. The number of likely N-dealkylation sites (tertiary alicyclic amines) is 1. The van der Waals surface area contributed by atoms with Crippen LogP contribution in [0.1, 0.15) is 31.2 Å². The number of primary amides is 1. The summed E-state index contributed by atoms with van der Waals surface area (Å²) >= 11 is 6.14. The van der Waals surface area contributed by atoms with Gasteiger partial charge in [0, 0.05) is 39.5 Å². The minimum Gasteiger partial charge on any atom is -0.370 e. The van der Waals surface area contributed by atoms with E-state index in [0.29, 0.717) is 30.1 Å². The Hall–Kier alpha value is -2.28. The van der Waals surface area contributed by atoms with E-state index < -0.39 is 0 Å². The van der Waals surface area contributed by atoms with Gasteiger partial charge >= 0.3 is 0 Å². The Bertz CT molecular complexity index is 707. The number of guanidine groups is 1. The first-order valence-electron chi connectivity index (χ1n) is 9.19. The molecular weight excluding hydrogens is 366 g/mol. The number of carbonyl (C=O) groups excluding carboxylic acids is 2. The molecule has 148 valence electrons. The van der Waals surface area contributed by atoms with E-state index in [0.717, 1.165) is 37.5 Å². The molecule has 0 saturated carbocycles. The number of hydrogen-bond donors (Lipinski definition) is 3. The van der Waals surface area contributed by atoms with E-state index in [2.05, 4.69) is 20.5 Å². The molecule has 2 amide bonds. The molecule has 1 fully saturated rings. The summed E-state index contributed by atoms with van der Waals surface area (Å²) < 4.78 is 0. The van der Waals surface area contributed by atoms with Gasteiger partial charge < -0.3 is 21.3 Å². The Morgan fingerprint density at radius 1 is 1.41 bits per heavy atom. The van der Waals surface area contributed by atoms with E-state index in [1.807, 2.05) is 19.1 Å². The van der Waals surface area contributed by atoms with Crippen LogP contribution in [-0.2, 0) is 9.59 Å². The topological polar surface area (TPSA) is 99.8 Å². The highest BCUT2D eigenvalue weighted by molar-refractivity contribution is 6.33. The molecule has 0 aromatic heterocycles. The Kier molecular flexibility index (Phi) is 7.91. The van der Waals surface area contributed by atoms with E-state index in [4.69, 9.17) is 17.3 Å². The summed E-state index contributed by atoms with van der Waals surface area (Å²) in [6, 6.07) is 5.52. The number of hydrogen-bond acceptors (Lipinski definition) is 3. The van der Waals surface area contributed by atoms with Gasteiger partial charge in [0.2, 0.25) is 11.8 Å². The van der Waals surface area contributed by atoms with Crippen LogP contribution in [0.3, 0.4) is 0 Å². The quantitative estimate of drug-likeness (QED) is 0.509. The second kappa shape index (κ2) is 10.2. The fourth-order valence-electron chi connectivity index (χ4n) is 3.26. The van der Waals surface area contributed by atoms with E-state index in [9.17, 15) is 9.59 Å². The van der Waals surface area contributed by atoms with Gasteiger partial charge in [0.15, 0.2) is 5.96 Å². The number of aliphatic imine (C=N–C) groups is 1. The number of halogens is 1. The van der Waals surface area contributed by atoms with Gasteiger partial charge in [-0.2, -0.15) is 0 Å². The van der Waals surface area contributed by atoms with Gasteiger partial charge in [0.25, 0.3) is 0 Å². The lowest BCUT2D eigenvalue weighted by atomic mass is 9.95. The SMILES string of the molecule is CN=C(NCCC(=O)Nc1ccc(C)cc1Cl)N1CCCC(CC(N)=O)C1. The molecular formula is C19H28ClN5O2. The van der Waals surface area contributed by atoms with E-state index in [1.54, 1.807) is 13.1 Å². The summed E-state index contributed by atoms with van der Waals surface area (Å²) in [7, 11) is 1.71. The zero-order valence-electron chi connectivity index (χ0n) is 15.9. The number of nitrogens with two attached hydrogens (primary N) is 1. The number of rotatable bonds is 6. The molecule has 7 nitrogen and oxygen atoms in total. The summed E-state index contributed by atoms with van der Waals surface area (Å²) in [6.45, 7) is 4.02. The molecule has 1 aromatic carbocycles. The fourth-order valence-corrected chi connectivity index (χ4v) is 3.55. The summed E-state index contributed by atoms with van der Waals surface area (Å²) in [5.74, 6) is 0.609. The number of carbonyl (C=O) groups is 2. The van der Waals surface area contributed by atoms with Crippen molar-refractivity contribution in [3.63, 3.8) is 0 Å². The highest BCUT2D eigenvalue weighted by Gasteiger charge is 2.23. The van der Waals surface area contributed by atoms with Crippen molar-refractivity contribution in [3.05, 3.63) is 28.8 Å². The van der Waals surface area contributed by atoms with Gasteiger partial charge in [-0.05, 0) is 43.4 Å². The molecule has 1 saturated heterocycles. The lowest BCUT2D eigenvalue weighted by Crippen LogP contribution is -2.47. The van der Waals surface area contributed by atoms with Gasteiger partial charge in [0.1, 0.15) is 0 Å². The van der Waals surface area contributed by atoms with E-state index in [1.165, 1.54) is 0 Å². The summed E-state index contributed by atoms with van der Waals surface area (Å²) in [6.07, 6.45) is 2.68. The Balaban J connectivity index is 1.80. The van der Waals surface area contributed by atoms with Crippen LogP contribution < -0.4 is 16.4 Å². The molecule has 8 heteroatoms. The molecule has 1 aliphatic rings. The van der Waals surface area contributed by atoms with Crippen LogP contribution in [0.2, 0.25) is 5.02 Å². The lowest BCUT2D eigenvalue weighted by Gasteiger charge is -2.34. The number of amides is 2. The molecule has 1 heterocycles. The van der Waals surface area contributed by atoms with Gasteiger partial charge in [-0.25, -0.2) is 0 Å². The first-order chi connectivity index (χ1) is 12.9. The largest absolute Gasteiger partial charge is 0.370 e. The standard InChI is InChI=1S/C19H28ClN5O2/c1-13-5-6-16(15(20)10-13)24-18(27)7-8-23-19(22-2)25-9-3-4-14(12-25)11-17(21)26/h5-6,10,14H,3-4,7-9,11-12H2,1-2H3,(H2,21,26)(H,22,23)(H,24,27). The average molecular weight is 394 g/mol. The van der Waals surface area contributed by atoms with Crippen LogP contribution in [0, 0.1) is 12.8 Å². The summed E-state index contributed by atoms with van der Waals surface area (Å²) in [5, 5.41) is 6.57. The molecule has 1 unspecified atom stereocenters. The third kappa shape index (κ3) is 6.75. The molecule has 0 spiro atoms. The monoisotopic (exact) mass is 393 g/mol. The highest BCUT2D eigenvalue weighted by Crippen LogP contribution is 2.23. The van der Waals surface area contributed by atoms with E-state index in [-0.39, 0.29) is 17.7 Å². The molecule has 1 atom stereocenters. The van der Waals surface area contributed by atoms with Crippen LogP contribution in [0.15, 0.2) is 23.2 Å². The van der Waals surface area contributed by atoms with Crippen molar-refractivity contribution in [2.75, 3.05) is 32.0 Å². The minimum atomic E-state index is -0.267. The molecule has 2 rings (SSSR count). The summed E-state index contributed by atoms with van der Waals surface area (Å²) in [4.78, 5) is 29.7. The third-order valence-corrected chi connectivity index (χ3v) is 4.87. The number of aryl methyl sites for hydroxylation is 1. The minimum absolute atomic E-state index is 0.117. The maximum Gasteiger partial charge on any atom is 0.226 e. The molecule has 4 N–H and O–H groups in total. The second-order valence-electron chi connectivity index (χ2n) is 6.88. The van der Waals surface area contributed by atoms with Gasteiger partial charge in [-0.3, -0.25) is 14.6 Å².